The van der Waals surface area contributed by atoms with Crippen LogP contribution in [0.15, 0.2) is 42.5 Å². The van der Waals surface area contributed by atoms with Crippen LogP contribution in [0.5, 0.6) is 0 Å². The highest BCUT2D eigenvalue weighted by Gasteiger charge is 2.33. The number of esters is 1. The first-order valence-corrected chi connectivity index (χ1v) is 11.9. The molecule has 0 spiro atoms. The van der Waals surface area contributed by atoms with Crippen molar-refractivity contribution in [1.29, 1.82) is 0 Å². The number of ether oxygens (including phenoxy) is 2. The molecule has 0 aliphatic carbocycles. The van der Waals surface area contributed by atoms with Crippen molar-refractivity contribution in [3.05, 3.63) is 70.8 Å². The number of halogens is 2. The third-order valence-corrected chi connectivity index (χ3v) is 7.92. The van der Waals surface area contributed by atoms with E-state index in [2.05, 4.69) is 23.4 Å². The van der Waals surface area contributed by atoms with Crippen LogP contribution in [0.2, 0.25) is 0 Å². The SMILES string of the molecule is COC(=O)C(CC1COC1)c1cc(F)c(CN2SC(c3ccccc3)CC[C@@H]2C)cc1F. The lowest BCUT2D eigenvalue weighted by Gasteiger charge is -2.37. The second-order valence-electron chi connectivity index (χ2n) is 8.69. The van der Waals surface area contributed by atoms with Crippen molar-refractivity contribution in [2.24, 2.45) is 5.92 Å². The van der Waals surface area contributed by atoms with Crippen LogP contribution in [-0.4, -0.2) is 36.6 Å². The topological polar surface area (TPSA) is 38.8 Å². The number of hydrogen-bond acceptors (Lipinski definition) is 5. The Labute approximate surface area is 192 Å². The van der Waals surface area contributed by atoms with E-state index in [1.165, 1.54) is 24.8 Å². The average molecular weight is 462 g/mol. The van der Waals surface area contributed by atoms with Gasteiger partial charge in [-0.1, -0.05) is 42.3 Å². The molecule has 0 saturated carbocycles. The maximum absolute atomic E-state index is 15.1. The second kappa shape index (κ2) is 10.3. The Kier molecular flexibility index (Phi) is 7.48. The molecular weight excluding hydrogens is 432 g/mol. The minimum absolute atomic E-state index is 0.0616. The van der Waals surface area contributed by atoms with E-state index in [1.54, 1.807) is 11.9 Å². The Balaban J connectivity index is 1.52. The van der Waals surface area contributed by atoms with Crippen LogP contribution in [0.3, 0.4) is 0 Å². The Hall–Kier alpha value is -1.96. The second-order valence-corrected chi connectivity index (χ2v) is 9.94. The maximum Gasteiger partial charge on any atom is 0.313 e. The molecule has 2 aliphatic heterocycles. The molecule has 32 heavy (non-hydrogen) atoms. The highest BCUT2D eigenvalue weighted by atomic mass is 32.2. The molecule has 2 unspecified atom stereocenters. The zero-order valence-electron chi connectivity index (χ0n) is 18.4. The van der Waals surface area contributed by atoms with Gasteiger partial charge in [-0.2, -0.15) is 0 Å². The van der Waals surface area contributed by atoms with E-state index < -0.39 is 23.5 Å². The number of hydrogen-bond donors (Lipinski definition) is 0. The molecule has 0 N–H and O–H groups in total. The van der Waals surface area contributed by atoms with Crippen molar-refractivity contribution in [3.63, 3.8) is 0 Å². The fraction of sp³-hybridized carbons (Fsp3) is 0.480. The number of nitrogens with zero attached hydrogens (tertiary/aromatic N) is 1. The standard InChI is InChI=1S/C25H29F2NO3S/c1-16-8-9-24(18-6-4-3-5-7-18)32-28(16)13-19-11-23(27)20(12-22(19)26)21(25(29)30-2)10-17-14-31-15-17/h3-7,11-12,16-17,21,24H,8-10,13-15H2,1-2H3/t16-,21?,24?/m0/s1. The lowest BCUT2D eigenvalue weighted by molar-refractivity contribution is -0.144. The minimum atomic E-state index is -0.830. The van der Waals surface area contributed by atoms with Gasteiger partial charge in [0, 0.05) is 34.9 Å². The van der Waals surface area contributed by atoms with E-state index in [1.807, 2.05) is 18.2 Å². The van der Waals surface area contributed by atoms with Crippen LogP contribution in [0.1, 0.15) is 54.0 Å². The maximum atomic E-state index is 15.1. The van der Waals surface area contributed by atoms with Crippen molar-refractivity contribution < 1.29 is 23.0 Å². The molecule has 2 aromatic rings. The smallest absolute Gasteiger partial charge is 0.313 e. The lowest BCUT2D eigenvalue weighted by atomic mass is 9.87. The van der Waals surface area contributed by atoms with Crippen molar-refractivity contribution in [3.8, 4) is 0 Å². The first-order valence-electron chi connectivity index (χ1n) is 11.1. The van der Waals surface area contributed by atoms with Gasteiger partial charge in [-0.3, -0.25) is 4.79 Å². The van der Waals surface area contributed by atoms with Gasteiger partial charge in [0.25, 0.3) is 0 Å². The normalized spacial score (nSPS) is 22.9. The number of carbonyl (C=O) groups excluding carboxylic acids is 1. The number of methoxy groups -OCH3 is 1. The van der Waals surface area contributed by atoms with Crippen molar-refractivity contribution in [1.82, 2.24) is 4.31 Å². The van der Waals surface area contributed by atoms with Crippen LogP contribution in [-0.2, 0) is 20.8 Å². The van der Waals surface area contributed by atoms with Crippen LogP contribution in [0.25, 0.3) is 0 Å². The molecule has 2 aliphatic rings. The molecule has 172 valence electrons. The van der Waals surface area contributed by atoms with Crippen LogP contribution >= 0.6 is 11.9 Å². The Morgan fingerprint density at radius 2 is 1.94 bits per heavy atom. The van der Waals surface area contributed by atoms with E-state index in [0.29, 0.717) is 37.0 Å². The molecule has 0 aromatic heterocycles. The summed E-state index contributed by atoms with van der Waals surface area (Å²) in [5.74, 6) is -2.28. The first kappa shape index (κ1) is 23.2. The summed E-state index contributed by atoms with van der Waals surface area (Å²) < 4.78 is 42.4. The molecule has 0 radical (unpaired) electrons. The molecule has 2 saturated heterocycles. The highest BCUT2D eigenvalue weighted by Crippen LogP contribution is 2.43. The van der Waals surface area contributed by atoms with E-state index in [0.717, 1.165) is 12.8 Å². The predicted octanol–water partition coefficient (Wildman–Crippen LogP) is 5.63. The molecule has 2 heterocycles. The van der Waals surface area contributed by atoms with Crippen LogP contribution < -0.4 is 0 Å². The summed E-state index contributed by atoms with van der Waals surface area (Å²) in [4.78, 5) is 12.3. The van der Waals surface area contributed by atoms with Crippen LogP contribution in [0, 0.1) is 17.6 Å². The molecule has 7 heteroatoms. The third-order valence-electron chi connectivity index (χ3n) is 6.40. The molecule has 2 aromatic carbocycles. The third kappa shape index (κ3) is 5.16. The van der Waals surface area contributed by atoms with Gasteiger partial charge in [0.1, 0.15) is 11.6 Å². The van der Waals surface area contributed by atoms with E-state index >= 15 is 8.78 Å². The van der Waals surface area contributed by atoms with Crippen molar-refractivity contribution >= 4 is 17.9 Å². The quantitative estimate of drug-likeness (QED) is 0.395. The van der Waals surface area contributed by atoms with Gasteiger partial charge in [0.15, 0.2) is 0 Å². The number of rotatable bonds is 7. The number of carbonyl (C=O) groups is 1. The Morgan fingerprint density at radius 1 is 1.19 bits per heavy atom. The molecule has 4 nitrogen and oxygen atoms in total. The molecule has 3 atom stereocenters. The fourth-order valence-electron chi connectivity index (χ4n) is 4.35. The van der Waals surface area contributed by atoms with Gasteiger partial charge in [0.05, 0.1) is 26.2 Å². The zero-order valence-corrected chi connectivity index (χ0v) is 19.2. The molecule has 0 bridgehead atoms. The molecule has 0 amide bonds. The van der Waals surface area contributed by atoms with Gasteiger partial charge in [-0.15, -0.1) is 0 Å². The van der Waals surface area contributed by atoms with Gasteiger partial charge < -0.3 is 9.47 Å². The predicted molar refractivity (Wildman–Crippen MR) is 121 cm³/mol. The monoisotopic (exact) mass is 461 g/mol. The summed E-state index contributed by atoms with van der Waals surface area (Å²) in [5, 5.41) is 0.299. The van der Waals surface area contributed by atoms with E-state index in [-0.39, 0.29) is 17.5 Å². The van der Waals surface area contributed by atoms with Gasteiger partial charge >= 0.3 is 5.97 Å². The molecular formula is C25H29F2NO3S. The lowest BCUT2D eigenvalue weighted by Crippen LogP contribution is -2.32. The van der Waals surface area contributed by atoms with Gasteiger partial charge in [-0.25, -0.2) is 13.1 Å². The van der Waals surface area contributed by atoms with Gasteiger partial charge in [-0.05, 0) is 43.9 Å². The summed E-state index contributed by atoms with van der Waals surface area (Å²) in [7, 11) is 1.27. The Morgan fingerprint density at radius 3 is 2.59 bits per heavy atom. The number of benzene rings is 2. The average Bonchev–Trinajstić information content (AvgIpc) is 2.77. The summed E-state index contributed by atoms with van der Waals surface area (Å²) in [6.07, 6.45) is 2.43. The first-order chi connectivity index (χ1) is 15.5. The largest absolute Gasteiger partial charge is 0.469 e. The van der Waals surface area contributed by atoms with Crippen molar-refractivity contribution in [2.75, 3.05) is 20.3 Å². The van der Waals surface area contributed by atoms with Gasteiger partial charge in [0.2, 0.25) is 0 Å². The van der Waals surface area contributed by atoms with Crippen LogP contribution in [0.4, 0.5) is 8.78 Å². The van der Waals surface area contributed by atoms with E-state index in [9.17, 15) is 4.79 Å². The summed E-state index contributed by atoms with van der Waals surface area (Å²) >= 11 is 1.70. The van der Waals surface area contributed by atoms with E-state index in [4.69, 9.17) is 9.47 Å². The summed E-state index contributed by atoms with van der Waals surface area (Å²) in [6.45, 7) is 3.48. The highest BCUT2D eigenvalue weighted by molar-refractivity contribution is 7.97. The summed E-state index contributed by atoms with van der Waals surface area (Å²) in [5.41, 5.74) is 1.61. The fourth-order valence-corrected chi connectivity index (χ4v) is 5.72. The zero-order chi connectivity index (χ0) is 22.7. The summed E-state index contributed by atoms with van der Waals surface area (Å²) in [6, 6.07) is 13.0. The molecule has 2 fully saturated rings. The van der Waals surface area contributed by atoms with Crippen molar-refractivity contribution in [2.45, 2.75) is 49.9 Å². The Bertz CT molecular complexity index is 938. The minimum Gasteiger partial charge on any atom is -0.469 e. The molecule has 4 rings (SSSR count).